The molecule has 0 amide bonds. The summed E-state index contributed by atoms with van der Waals surface area (Å²) in [6, 6.07) is 0.526. The minimum atomic E-state index is 0.329. The standard InChI is InChI=1S/C11H24N2O/c1-4-11-10(8-14)5-9(6-12-11)7-13(2)3/h9-12,14H,4-8H2,1-3H3. The smallest absolute Gasteiger partial charge is 0.0474 e. The van der Waals surface area contributed by atoms with Gasteiger partial charge in [0.05, 0.1) is 0 Å². The summed E-state index contributed by atoms with van der Waals surface area (Å²) in [5.74, 6) is 1.16. The van der Waals surface area contributed by atoms with Gasteiger partial charge in [0.2, 0.25) is 0 Å². The Balaban J connectivity index is 2.40. The van der Waals surface area contributed by atoms with E-state index in [2.05, 4.69) is 31.2 Å². The van der Waals surface area contributed by atoms with Crippen molar-refractivity contribution in [1.29, 1.82) is 0 Å². The molecule has 0 radical (unpaired) electrons. The number of aliphatic hydroxyl groups excluding tert-OH is 1. The third-order valence-electron chi connectivity index (χ3n) is 3.17. The van der Waals surface area contributed by atoms with Crippen molar-refractivity contribution in [3.05, 3.63) is 0 Å². The summed E-state index contributed by atoms with van der Waals surface area (Å²) in [6.07, 6.45) is 2.29. The molecule has 3 nitrogen and oxygen atoms in total. The fourth-order valence-electron chi connectivity index (χ4n) is 2.50. The summed E-state index contributed by atoms with van der Waals surface area (Å²) in [5, 5.41) is 12.8. The van der Waals surface area contributed by atoms with Crippen LogP contribution in [0.25, 0.3) is 0 Å². The van der Waals surface area contributed by atoms with Crippen LogP contribution in [-0.4, -0.2) is 49.8 Å². The summed E-state index contributed by atoms with van der Waals surface area (Å²) in [4.78, 5) is 2.23. The summed E-state index contributed by atoms with van der Waals surface area (Å²) in [6.45, 7) is 4.75. The Hall–Kier alpha value is -0.120. The molecule has 0 aliphatic carbocycles. The van der Waals surface area contributed by atoms with Gasteiger partial charge in [-0.3, -0.25) is 0 Å². The van der Waals surface area contributed by atoms with E-state index in [1.54, 1.807) is 0 Å². The SMILES string of the molecule is CCC1NCC(CN(C)C)CC1CO. The van der Waals surface area contributed by atoms with Crippen molar-refractivity contribution >= 4 is 0 Å². The van der Waals surface area contributed by atoms with Crippen LogP contribution in [0.2, 0.25) is 0 Å². The first-order chi connectivity index (χ1) is 6.67. The molecule has 0 bridgehead atoms. The van der Waals surface area contributed by atoms with Gasteiger partial charge in [0.15, 0.2) is 0 Å². The van der Waals surface area contributed by atoms with Gasteiger partial charge in [0, 0.05) is 19.2 Å². The lowest BCUT2D eigenvalue weighted by atomic mass is 9.84. The van der Waals surface area contributed by atoms with Crippen LogP contribution in [0.3, 0.4) is 0 Å². The number of rotatable bonds is 4. The number of hydrogen-bond acceptors (Lipinski definition) is 3. The van der Waals surface area contributed by atoms with Crippen LogP contribution in [0, 0.1) is 11.8 Å². The molecule has 2 N–H and O–H groups in total. The molecule has 1 aliphatic rings. The highest BCUT2D eigenvalue weighted by Crippen LogP contribution is 2.22. The Labute approximate surface area is 87.5 Å². The second-order valence-corrected chi connectivity index (χ2v) is 4.73. The van der Waals surface area contributed by atoms with Gasteiger partial charge >= 0.3 is 0 Å². The second-order valence-electron chi connectivity index (χ2n) is 4.73. The summed E-state index contributed by atoms with van der Waals surface area (Å²) in [7, 11) is 4.22. The van der Waals surface area contributed by atoms with E-state index in [4.69, 9.17) is 0 Å². The first-order valence-electron chi connectivity index (χ1n) is 5.66. The first-order valence-corrected chi connectivity index (χ1v) is 5.66. The average Bonchev–Trinajstić information content (AvgIpc) is 2.16. The molecule has 1 heterocycles. The monoisotopic (exact) mass is 200 g/mol. The molecule has 0 aromatic heterocycles. The van der Waals surface area contributed by atoms with Gasteiger partial charge in [0.1, 0.15) is 0 Å². The van der Waals surface area contributed by atoms with Crippen LogP contribution in [0.15, 0.2) is 0 Å². The third-order valence-corrected chi connectivity index (χ3v) is 3.17. The van der Waals surface area contributed by atoms with Gasteiger partial charge in [-0.05, 0) is 45.3 Å². The predicted molar refractivity (Wildman–Crippen MR) is 59.3 cm³/mol. The van der Waals surface area contributed by atoms with E-state index < -0.39 is 0 Å². The van der Waals surface area contributed by atoms with E-state index in [0.29, 0.717) is 24.5 Å². The van der Waals surface area contributed by atoms with Gasteiger partial charge in [-0.25, -0.2) is 0 Å². The molecule has 1 fully saturated rings. The molecule has 3 heteroatoms. The summed E-state index contributed by atoms with van der Waals surface area (Å²) < 4.78 is 0. The van der Waals surface area contributed by atoms with Gasteiger partial charge in [-0.1, -0.05) is 6.92 Å². The Morgan fingerprint density at radius 2 is 2.14 bits per heavy atom. The molecule has 3 atom stereocenters. The number of nitrogens with zero attached hydrogens (tertiary/aromatic N) is 1. The van der Waals surface area contributed by atoms with Crippen LogP contribution in [0.5, 0.6) is 0 Å². The fourth-order valence-corrected chi connectivity index (χ4v) is 2.50. The molecule has 0 saturated carbocycles. The minimum absolute atomic E-state index is 0.329. The van der Waals surface area contributed by atoms with Gasteiger partial charge in [-0.15, -0.1) is 0 Å². The van der Waals surface area contributed by atoms with Crippen molar-refractivity contribution in [2.75, 3.05) is 33.8 Å². The van der Waals surface area contributed by atoms with Crippen LogP contribution in [-0.2, 0) is 0 Å². The Morgan fingerprint density at radius 1 is 1.43 bits per heavy atom. The maximum absolute atomic E-state index is 9.29. The molecular weight excluding hydrogens is 176 g/mol. The second kappa shape index (κ2) is 5.69. The van der Waals surface area contributed by atoms with E-state index in [1.165, 1.54) is 6.42 Å². The molecule has 1 saturated heterocycles. The topological polar surface area (TPSA) is 35.5 Å². The van der Waals surface area contributed by atoms with Crippen molar-refractivity contribution in [2.24, 2.45) is 11.8 Å². The third kappa shape index (κ3) is 3.23. The van der Waals surface area contributed by atoms with Crippen molar-refractivity contribution < 1.29 is 5.11 Å². The van der Waals surface area contributed by atoms with E-state index in [1.807, 2.05) is 0 Å². The lowest BCUT2D eigenvalue weighted by molar-refractivity contribution is 0.117. The average molecular weight is 200 g/mol. The molecule has 0 spiro atoms. The van der Waals surface area contributed by atoms with E-state index >= 15 is 0 Å². The molecule has 14 heavy (non-hydrogen) atoms. The van der Waals surface area contributed by atoms with Gasteiger partial charge < -0.3 is 15.3 Å². The Kier molecular flexibility index (Phi) is 4.85. The van der Waals surface area contributed by atoms with Gasteiger partial charge in [0.25, 0.3) is 0 Å². The van der Waals surface area contributed by atoms with Crippen molar-refractivity contribution in [1.82, 2.24) is 10.2 Å². The van der Waals surface area contributed by atoms with Crippen LogP contribution in [0.1, 0.15) is 19.8 Å². The van der Waals surface area contributed by atoms with Crippen molar-refractivity contribution in [3.63, 3.8) is 0 Å². The largest absolute Gasteiger partial charge is 0.396 e. The maximum atomic E-state index is 9.29. The normalized spacial score (nSPS) is 33.6. The molecule has 1 rings (SSSR count). The summed E-state index contributed by atoms with van der Waals surface area (Å²) in [5.41, 5.74) is 0. The number of aliphatic hydroxyl groups is 1. The lowest BCUT2D eigenvalue weighted by Crippen LogP contribution is -2.48. The molecule has 0 aromatic carbocycles. The van der Waals surface area contributed by atoms with E-state index in [9.17, 15) is 5.11 Å². The Morgan fingerprint density at radius 3 is 2.64 bits per heavy atom. The first kappa shape index (κ1) is 12.0. The van der Waals surface area contributed by atoms with Gasteiger partial charge in [-0.2, -0.15) is 0 Å². The van der Waals surface area contributed by atoms with Crippen molar-refractivity contribution in [3.8, 4) is 0 Å². The molecule has 0 aromatic rings. The highest BCUT2D eigenvalue weighted by molar-refractivity contribution is 4.84. The van der Waals surface area contributed by atoms with E-state index in [0.717, 1.165) is 19.5 Å². The highest BCUT2D eigenvalue weighted by Gasteiger charge is 2.28. The zero-order valence-corrected chi connectivity index (χ0v) is 9.66. The highest BCUT2D eigenvalue weighted by atomic mass is 16.3. The van der Waals surface area contributed by atoms with E-state index in [-0.39, 0.29) is 0 Å². The zero-order valence-electron chi connectivity index (χ0n) is 9.66. The number of piperidine rings is 1. The molecule has 84 valence electrons. The molecule has 1 aliphatic heterocycles. The summed E-state index contributed by atoms with van der Waals surface area (Å²) >= 11 is 0. The minimum Gasteiger partial charge on any atom is -0.396 e. The lowest BCUT2D eigenvalue weighted by Gasteiger charge is -2.36. The quantitative estimate of drug-likeness (QED) is 0.695. The van der Waals surface area contributed by atoms with Crippen LogP contribution < -0.4 is 5.32 Å². The van der Waals surface area contributed by atoms with Crippen LogP contribution >= 0.6 is 0 Å². The number of hydrogen-bond donors (Lipinski definition) is 2. The number of nitrogens with one attached hydrogen (secondary N) is 1. The maximum Gasteiger partial charge on any atom is 0.0474 e. The molecular formula is C11H24N2O. The Bertz CT molecular complexity index is 161. The van der Waals surface area contributed by atoms with Crippen molar-refractivity contribution in [2.45, 2.75) is 25.8 Å². The zero-order chi connectivity index (χ0) is 10.6. The van der Waals surface area contributed by atoms with Crippen LogP contribution in [0.4, 0.5) is 0 Å². The fraction of sp³-hybridized carbons (Fsp3) is 1.00. The molecule has 3 unspecified atom stereocenters. The predicted octanol–water partition coefficient (Wildman–Crippen LogP) is 0.545.